The van der Waals surface area contributed by atoms with Gasteiger partial charge in [0.2, 0.25) is 5.91 Å². The van der Waals surface area contributed by atoms with E-state index in [2.05, 4.69) is 10.3 Å². The molecule has 2 aromatic heterocycles. The molecule has 1 atom stereocenters. The molecule has 3 heterocycles. The number of carbonyl (C=O) groups is 1. The van der Waals surface area contributed by atoms with Crippen LogP contribution in [-0.2, 0) is 11.3 Å². The van der Waals surface area contributed by atoms with Crippen molar-refractivity contribution >= 4 is 39.9 Å². The lowest BCUT2D eigenvalue weighted by molar-refractivity contribution is -0.132. The first-order chi connectivity index (χ1) is 10.7. The predicted octanol–water partition coefficient (Wildman–Crippen LogP) is 1.48. The summed E-state index contributed by atoms with van der Waals surface area (Å²) in [6, 6.07) is 2.07. The summed E-state index contributed by atoms with van der Waals surface area (Å²) in [5.41, 5.74) is -0.0627. The minimum Gasteiger partial charge on any atom is -0.338 e. The Kier molecular flexibility index (Phi) is 6.15. The third kappa shape index (κ3) is 3.73. The number of aromatic nitrogens is 2. The van der Waals surface area contributed by atoms with Crippen LogP contribution in [0.3, 0.4) is 0 Å². The first kappa shape index (κ1) is 17.9. The Bertz CT molecular complexity index is 730. The van der Waals surface area contributed by atoms with Crippen LogP contribution in [0.25, 0.3) is 10.2 Å². The van der Waals surface area contributed by atoms with E-state index < -0.39 is 0 Å². The van der Waals surface area contributed by atoms with Gasteiger partial charge in [-0.25, -0.2) is 4.98 Å². The summed E-state index contributed by atoms with van der Waals surface area (Å²) >= 11 is 1.45. The zero-order valence-electron chi connectivity index (χ0n) is 13.0. The number of halogens is 1. The summed E-state index contributed by atoms with van der Waals surface area (Å²) < 4.78 is 1.54. The Balaban J connectivity index is 0.00000192. The van der Waals surface area contributed by atoms with E-state index in [0.29, 0.717) is 18.4 Å². The summed E-state index contributed by atoms with van der Waals surface area (Å²) in [6.07, 6.45) is 4.00. The molecule has 0 bridgehead atoms. The van der Waals surface area contributed by atoms with Crippen molar-refractivity contribution in [1.29, 1.82) is 0 Å². The van der Waals surface area contributed by atoms with Gasteiger partial charge in [0, 0.05) is 32.1 Å². The van der Waals surface area contributed by atoms with Gasteiger partial charge in [0.25, 0.3) is 5.56 Å². The van der Waals surface area contributed by atoms with E-state index in [1.165, 1.54) is 15.9 Å². The van der Waals surface area contributed by atoms with Crippen molar-refractivity contribution in [1.82, 2.24) is 19.8 Å². The molecule has 1 unspecified atom stereocenters. The van der Waals surface area contributed by atoms with Gasteiger partial charge in [0.15, 0.2) is 0 Å². The number of thiophene rings is 1. The molecule has 8 heteroatoms. The van der Waals surface area contributed by atoms with E-state index in [9.17, 15) is 9.59 Å². The standard InChI is InChI=1S/C15H20N4O2S.ClH/c1-16-9-11-3-2-6-19(11)13(20)4-7-18-10-17-14-12(15(18)21)5-8-22-14;/h5,8,10-11,16H,2-4,6-7,9H2,1H3;1H. The summed E-state index contributed by atoms with van der Waals surface area (Å²) in [6.45, 7) is 2.04. The average molecular weight is 357 g/mol. The van der Waals surface area contributed by atoms with E-state index in [1.807, 2.05) is 17.3 Å². The first-order valence-corrected chi connectivity index (χ1v) is 8.45. The molecule has 2 aromatic rings. The topological polar surface area (TPSA) is 67.2 Å². The van der Waals surface area contributed by atoms with E-state index >= 15 is 0 Å². The fraction of sp³-hybridized carbons (Fsp3) is 0.533. The average Bonchev–Trinajstić information content (AvgIpc) is 3.16. The molecule has 1 N–H and O–H groups in total. The minimum atomic E-state index is -0.0627. The Morgan fingerprint density at radius 3 is 3.13 bits per heavy atom. The molecule has 1 aliphatic heterocycles. The summed E-state index contributed by atoms with van der Waals surface area (Å²) in [5.74, 6) is 0.120. The second-order valence-electron chi connectivity index (χ2n) is 5.57. The van der Waals surface area contributed by atoms with Crippen LogP contribution in [0.2, 0.25) is 0 Å². The van der Waals surface area contributed by atoms with Crippen LogP contribution in [0.15, 0.2) is 22.6 Å². The smallest absolute Gasteiger partial charge is 0.262 e. The zero-order chi connectivity index (χ0) is 15.5. The molecule has 0 aromatic carbocycles. The van der Waals surface area contributed by atoms with Gasteiger partial charge < -0.3 is 10.2 Å². The second-order valence-corrected chi connectivity index (χ2v) is 6.47. The highest BCUT2D eigenvalue weighted by Crippen LogP contribution is 2.18. The third-order valence-corrected chi connectivity index (χ3v) is 4.97. The van der Waals surface area contributed by atoms with Crippen LogP contribution in [0.5, 0.6) is 0 Å². The normalized spacial score (nSPS) is 17.4. The Hall–Kier alpha value is -1.44. The molecule has 1 fully saturated rings. The van der Waals surface area contributed by atoms with Crippen molar-refractivity contribution in [3.8, 4) is 0 Å². The van der Waals surface area contributed by atoms with Crippen LogP contribution in [0, 0.1) is 0 Å². The SMILES string of the molecule is CNCC1CCCN1C(=O)CCn1cnc2sccc2c1=O.Cl. The van der Waals surface area contributed by atoms with Gasteiger partial charge in [-0.05, 0) is 31.3 Å². The molecular weight excluding hydrogens is 336 g/mol. The monoisotopic (exact) mass is 356 g/mol. The zero-order valence-corrected chi connectivity index (χ0v) is 14.7. The molecular formula is C15H21ClN4O2S. The number of nitrogens with one attached hydrogen (secondary N) is 1. The number of aryl methyl sites for hydroxylation is 1. The number of fused-ring (bicyclic) bond motifs is 1. The van der Waals surface area contributed by atoms with Crippen molar-refractivity contribution < 1.29 is 4.79 Å². The molecule has 3 rings (SSSR count). The van der Waals surface area contributed by atoms with Crippen molar-refractivity contribution in [2.45, 2.75) is 31.8 Å². The van der Waals surface area contributed by atoms with E-state index in [-0.39, 0.29) is 29.9 Å². The fourth-order valence-corrected chi connectivity index (χ4v) is 3.75. The Morgan fingerprint density at radius 1 is 1.52 bits per heavy atom. The van der Waals surface area contributed by atoms with Crippen molar-refractivity contribution in [3.05, 3.63) is 28.1 Å². The van der Waals surface area contributed by atoms with E-state index in [0.717, 1.165) is 30.8 Å². The van der Waals surface area contributed by atoms with E-state index in [4.69, 9.17) is 0 Å². The first-order valence-electron chi connectivity index (χ1n) is 7.57. The lowest BCUT2D eigenvalue weighted by Crippen LogP contribution is -2.41. The van der Waals surface area contributed by atoms with Crippen LogP contribution in [0.4, 0.5) is 0 Å². The van der Waals surface area contributed by atoms with Crippen LogP contribution in [0.1, 0.15) is 19.3 Å². The van der Waals surface area contributed by atoms with Crippen molar-refractivity contribution in [3.63, 3.8) is 0 Å². The lowest BCUT2D eigenvalue weighted by atomic mass is 10.2. The number of likely N-dealkylation sites (N-methyl/N-ethyl adjacent to an activating group) is 1. The molecule has 0 saturated carbocycles. The highest BCUT2D eigenvalue weighted by atomic mass is 35.5. The van der Waals surface area contributed by atoms with Gasteiger partial charge in [0.05, 0.1) is 11.7 Å². The van der Waals surface area contributed by atoms with Gasteiger partial charge in [-0.3, -0.25) is 14.2 Å². The molecule has 1 aliphatic rings. The summed E-state index contributed by atoms with van der Waals surface area (Å²) in [5, 5.41) is 5.63. The third-order valence-electron chi connectivity index (χ3n) is 4.15. The van der Waals surface area contributed by atoms with Gasteiger partial charge in [-0.15, -0.1) is 23.7 Å². The second kappa shape index (κ2) is 7.90. The van der Waals surface area contributed by atoms with Gasteiger partial charge in [-0.2, -0.15) is 0 Å². The molecule has 0 radical (unpaired) electrons. The van der Waals surface area contributed by atoms with Crippen molar-refractivity contribution in [2.24, 2.45) is 0 Å². The predicted molar refractivity (Wildman–Crippen MR) is 94.4 cm³/mol. The minimum absolute atomic E-state index is 0. The highest BCUT2D eigenvalue weighted by Gasteiger charge is 2.27. The lowest BCUT2D eigenvalue weighted by Gasteiger charge is -2.24. The highest BCUT2D eigenvalue weighted by molar-refractivity contribution is 7.16. The number of rotatable bonds is 5. The fourth-order valence-electron chi connectivity index (χ4n) is 3.02. The maximum Gasteiger partial charge on any atom is 0.262 e. The molecule has 0 aliphatic carbocycles. The van der Waals surface area contributed by atoms with Gasteiger partial charge >= 0.3 is 0 Å². The van der Waals surface area contributed by atoms with Crippen molar-refractivity contribution in [2.75, 3.05) is 20.1 Å². The number of likely N-dealkylation sites (tertiary alicyclic amines) is 1. The molecule has 23 heavy (non-hydrogen) atoms. The van der Waals surface area contributed by atoms with E-state index in [1.54, 1.807) is 12.4 Å². The number of hydrogen-bond acceptors (Lipinski definition) is 5. The Morgan fingerprint density at radius 2 is 2.35 bits per heavy atom. The number of amides is 1. The van der Waals surface area contributed by atoms with Crippen LogP contribution < -0.4 is 10.9 Å². The quantitative estimate of drug-likeness (QED) is 0.881. The molecule has 0 spiro atoms. The molecule has 126 valence electrons. The molecule has 1 amide bonds. The maximum absolute atomic E-state index is 12.4. The number of hydrogen-bond donors (Lipinski definition) is 1. The summed E-state index contributed by atoms with van der Waals surface area (Å²) in [4.78, 5) is 31.6. The Labute approximate surface area is 144 Å². The van der Waals surface area contributed by atoms with Gasteiger partial charge in [0.1, 0.15) is 4.83 Å². The molecule has 6 nitrogen and oxygen atoms in total. The van der Waals surface area contributed by atoms with Crippen LogP contribution in [-0.4, -0.2) is 46.5 Å². The van der Waals surface area contributed by atoms with Gasteiger partial charge in [-0.1, -0.05) is 0 Å². The number of nitrogens with zero attached hydrogens (tertiary/aromatic N) is 3. The number of carbonyl (C=O) groups excluding carboxylic acids is 1. The maximum atomic E-state index is 12.4. The largest absolute Gasteiger partial charge is 0.338 e. The summed E-state index contributed by atoms with van der Waals surface area (Å²) in [7, 11) is 1.91. The molecule has 1 saturated heterocycles. The van der Waals surface area contributed by atoms with Crippen LogP contribution >= 0.6 is 23.7 Å².